The van der Waals surface area contributed by atoms with Gasteiger partial charge in [-0.25, -0.2) is 4.98 Å². The van der Waals surface area contributed by atoms with E-state index in [4.69, 9.17) is 5.73 Å². The van der Waals surface area contributed by atoms with Crippen LogP contribution in [0, 0.1) is 6.92 Å². The van der Waals surface area contributed by atoms with Gasteiger partial charge in [0.05, 0.1) is 5.60 Å². The molecule has 0 spiro atoms. The molecule has 1 heterocycles. The first kappa shape index (κ1) is 12.3. The summed E-state index contributed by atoms with van der Waals surface area (Å²) in [5.41, 5.74) is 6.22. The third-order valence-electron chi connectivity index (χ3n) is 3.74. The number of nitrogens with two attached hydrogens (primary N) is 1. The van der Waals surface area contributed by atoms with E-state index in [1.54, 1.807) is 12.3 Å². The molecule has 17 heavy (non-hydrogen) atoms. The summed E-state index contributed by atoms with van der Waals surface area (Å²) in [4.78, 5) is 3.99. The predicted octanol–water partition coefficient (Wildman–Crippen LogP) is 1.70. The molecule has 1 aromatic rings. The summed E-state index contributed by atoms with van der Waals surface area (Å²) in [6.07, 6.45) is 4.96. The van der Waals surface area contributed by atoms with Gasteiger partial charge in [-0.3, -0.25) is 0 Å². The maximum absolute atomic E-state index is 10.5. The first-order valence-corrected chi connectivity index (χ1v) is 6.16. The normalized spacial score (nSPS) is 21.1. The predicted molar refractivity (Wildman–Crippen MR) is 66.4 cm³/mol. The average Bonchev–Trinajstić information content (AvgIpc) is 2.29. The molecule has 94 valence electrons. The number of pyridine rings is 1. The quantitative estimate of drug-likeness (QED) is 0.730. The van der Waals surface area contributed by atoms with Crippen LogP contribution >= 0.6 is 0 Å². The Labute approximate surface area is 101 Å². The Bertz CT molecular complexity index is 380. The van der Waals surface area contributed by atoms with Crippen LogP contribution in [0.1, 0.15) is 49.3 Å². The molecule has 0 bridgehead atoms. The molecule has 1 unspecified atom stereocenters. The van der Waals surface area contributed by atoms with Gasteiger partial charge in [-0.15, -0.1) is 0 Å². The molecule has 1 saturated carbocycles. The van der Waals surface area contributed by atoms with Crippen molar-refractivity contribution >= 4 is 5.82 Å². The van der Waals surface area contributed by atoms with Crippen molar-refractivity contribution in [3.05, 3.63) is 23.4 Å². The van der Waals surface area contributed by atoms with E-state index in [-0.39, 0.29) is 0 Å². The summed E-state index contributed by atoms with van der Waals surface area (Å²) in [5, 5.41) is 20.9. The maximum atomic E-state index is 10.5. The fourth-order valence-corrected chi connectivity index (χ4v) is 2.65. The summed E-state index contributed by atoms with van der Waals surface area (Å²) in [5.74, 6) is 0.316. The zero-order valence-corrected chi connectivity index (χ0v) is 10.2. The highest BCUT2D eigenvalue weighted by molar-refractivity contribution is 5.46. The van der Waals surface area contributed by atoms with Crippen molar-refractivity contribution in [1.82, 2.24) is 4.98 Å². The number of nitrogen functional groups attached to an aromatic ring is 1. The Balaban J connectivity index is 2.32. The van der Waals surface area contributed by atoms with Crippen molar-refractivity contribution in [1.29, 1.82) is 0 Å². The van der Waals surface area contributed by atoms with E-state index in [0.29, 0.717) is 24.2 Å². The molecule has 1 aliphatic carbocycles. The maximum Gasteiger partial charge on any atom is 0.129 e. The fraction of sp³-hybridized carbons (Fsp3) is 0.615. The smallest absolute Gasteiger partial charge is 0.129 e. The molecule has 0 amide bonds. The van der Waals surface area contributed by atoms with Gasteiger partial charge in [0.25, 0.3) is 0 Å². The molecular formula is C13H20N2O2. The number of aliphatic hydroxyl groups excluding tert-OH is 1. The minimum absolute atomic E-state index is 0.316. The monoisotopic (exact) mass is 236 g/mol. The Morgan fingerprint density at radius 2 is 2.00 bits per heavy atom. The molecule has 0 saturated heterocycles. The van der Waals surface area contributed by atoms with E-state index in [0.717, 1.165) is 24.8 Å². The van der Waals surface area contributed by atoms with E-state index >= 15 is 0 Å². The van der Waals surface area contributed by atoms with Crippen molar-refractivity contribution in [2.45, 2.75) is 50.7 Å². The van der Waals surface area contributed by atoms with Crippen LogP contribution in [0.3, 0.4) is 0 Å². The van der Waals surface area contributed by atoms with Gasteiger partial charge in [-0.05, 0) is 31.4 Å². The number of aryl methyl sites for hydroxylation is 1. The molecule has 4 N–H and O–H groups in total. The second kappa shape index (κ2) is 4.63. The van der Waals surface area contributed by atoms with Gasteiger partial charge >= 0.3 is 0 Å². The van der Waals surface area contributed by atoms with Crippen molar-refractivity contribution < 1.29 is 10.2 Å². The van der Waals surface area contributed by atoms with Crippen molar-refractivity contribution in [2.75, 3.05) is 5.73 Å². The van der Waals surface area contributed by atoms with Crippen molar-refractivity contribution in [3.63, 3.8) is 0 Å². The molecule has 1 aliphatic rings. The Morgan fingerprint density at radius 1 is 1.35 bits per heavy atom. The van der Waals surface area contributed by atoms with Crippen LogP contribution in [0.15, 0.2) is 12.3 Å². The van der Waals surface area contributed by atoms with Gasteiger partial charge in [0, 0.05) is 11.8 Å². The van der Waals surface area contributed by atoms with Gasteiger partial charge in [0.2, 0.25) is 0 Å². The number of aromatic nitrogens is 1. The van der Waals surface area contributed by atoms with Crippen LogP contribution in [0.25, 0.3) is 0 Å². The molecular weight excluding hydrogens is 216 g/mol. The number of aliphatic hydroxyl groups is 2. The average molecular weight is 236 g/mol. The highest BCUT2D eigenvalue weighted by atomic mass is 16.3. The molecule has 0 radical (unpaired) electrons. The van der Waals surface area contributed by atoms with Crippen LogP contribution in [0.4, 0.5) is 5.82 Å². The SMILES string of the molecule is Cc1ccnc(N)c1C(O)C1(O)CCCCC1. The van der Waals surface area contributed by atoms with Gasteiger partial charge < -0.3 is 15.9 Å². The Hall–Kier alpha value is -1.13. The van der Waals surface area contributed by atoms with Crippen LogP contribution < -0.4 is 5.73 Å². The topological polar surface area (TPSA) is 79.4 Å². The summed E-state index contributed by atoms with van der Waals surface area (Å²) in [6.45, 7) is 1.88. The highest BCUT2D eigenvalue weighted by Crippen LogP contribution is 2.40. The lowest BCUT2D eigenvalue weighted by Crippen LogP contribution is -2.39. The molecule has 1 atom stereocenters. The largest absolute Gasteiger partial charge is 0.387 e. The van der Waals surface area contributed by atoms with Crippen molar-refractivity contribution in [3.8, 4) is 0 Å². The third-order valence-corrected chi connectivity index (χ3v) is 3.74. The van der Waals surface area contributed by atoms with Gasteiger partial charge in [0.15, 0.2) is 0 Å². The van der Waals surface area contributed by atoms with Gasteiger partial charge in [0.1, 0.15) is 11.9 Å². The van der Waals surface area contributed by atoms with E-state index in [9.17, 15) is 10.2 Å². The molecule has 0 aromatic carbocycles. The number of hydrogen-bond acceptors (Lipinski definition) is 4. The summed E-state index contributed by atoms with van der Waals surface area (Å²) in [6, 6.07) is 1.81. The Morgan fingerprint density at radius 3 is 2.59 bits per heavy atom. The van der Waals surface area contributed by atoms with E-state index < -0.39 is 11.7 Å². The fourth-order valence-electron chi connectivity index (χ4n) is 2.65. The standard InChI is InChI=1S/C13H20N2O2/c1-9-5-8-15-12(14)10(9)11(16)13(17)6-3-2-4-7-13/h5,8,11,16-17H,2-4,6-7H2,1H3,(H2,14,15). The molecule has 1 fully saturated rings. The Kier molecular flexibility index (Phi) is 3.35. The minimum Gasteiger partial charge on any atom is -0.387 e. The zero-order chi connectivity index (χ0) is 12.5. The molecule has 1 aromatic heterocycles. The summed E-state index contributed by atoms with van der Waals surface area (Å²) < 4.78 is 0. The van der Waals surface area contributed by atoms with E-state index in [1.165, 1.54) is 0 Å². The van der Waals surface area contributed by atoms with Crippen LogP contribution in [-0.2, 0) is 0 Å². The van der Waals surface area contributed by atoms with Crippen molar-refractivity contribution in [2.24, 2.45) is 0 Å². The second-order valence-electron chi connectivity index (χ2n) is 4.99. The first-order valence-electron chi connectivity index (χ1n) is 6.16. The molecule has 4 heteroatoms. The van der Waals surface area contributed by atoms with Gasteiger partial charge in [-0.2, -0.15) is 0 Å². The van der Waals surface area contributed by atoms with Crippen LogP contribution in [0.2, 0.25) is 0 Å². The highest BCUT2D eigenvalue weighted by Gasteiger charge is 2.39. The van der Waals surface area contributed by atoms with E-state index in [1.807, 2.05) is 6.92 Å². The summed E-state index contributed by atoms with van der Waals surface area (Å²) >= 11 is 0. The van der Waals surface area contributed by atoms with Crippen LogP contribution in [0.5, 0.6) is 0 Å². The zero-order valence-electron chi connectivity index (χ0n) is 10.2. The minimum atomic E-state index is -1.04. The summed E-state index contributed by atoms with van der Waals surface area (Å²) in [7, 11) is 0. The third kappa shape index (κ3) is 2.28. The molecule has 2 rings (SSSR count). The van der Waals surface area contributed by atoms with Crippen LogP contribution in [-0.4, -0.2) is 20.8 Å². The number of hydrogen-bond donors (Lipinski definition) is 3. The number of anilines is 1. The molecule has 0 aliphatic heterocycles. The van der Waals surface area contributed by atoms with E-state index in [2.05, 4.69) is 4.98 Å². The number of nitrogens with zero attached hydrogens (tertiary/aromatic N) is 1. The lowest BCUT2D eigenvalue weighted by Gasteiger charge is -2.37. The van der Waals surface area contributed by atoms with Gasteiger partial charge in [-0.1, -0.05) is 19.3 Å². The first-order chi connectivity index (χ1) is 8.04. The second-order valence-corrected chi connectivity index (χ2v) is 4.99. The lowest BCUT2D eigenvalue weighted by molar-refractivity contribution is -0.0992. The number of rotatable bonds is 2. The molecule has 4 nitrogen and oxygen atoms in total. The lowest BCUT2D eigenvalue weighted by atomic mass is 9.78.